The van der Waals surface area contributed by atoms with Crippen LogP contribution in [0.1, 0.15) is 11.9 Å². The van der Waals surface area contributed by atoms with Gasteiger partial charge in [0, 0.05) is 39.4 Å². The third kappa shape index (κ3) is 4.93. The van der Waals surface area contributed by atoms with Crippen LogP contribution in [0.2, 0.25) is 0 Å². The second-order valence-corrected chi connectivity index (χ2v) is 5.65. The quantitative estimate of drug-likeness (QED) is 0.699. The summed E-state index contributed by atoms with van der Waals surface area (Å²) >= 11 is 3.53. The van der Waals surface area contributed by atoms with Crippen molar-refractivity contribution >= 4 is 15.9 Å². The predicted molar refractivity (Wildman–Crippen MR) is 83.7 cm³/mol. The Morgan fingerprint density at radius 2 is 1.95 bits per heavy atom. The van der Waals surface area contributed by atoms with E-state index >= 15 is 0 Å². The topological polar surface area (TPSA) is 40.2 Å². The summed E-state index contributed by atoms with van der Waals surface area (Å²) in [5.41, 5.74) is 0.951. The fraction of sp³-hybridized carbons (Fsp3) is 0.600. The molecule has 2 rings (SSSR count). The number of halogens is 1. The van der Waals surface area contributed by atoms with Gasteiger partial charge in [0.1, 0.15) is 12.4 Å². The third-order valence-corrected chi connectivity index (χ3v) is 4.04. The van der Waals surface area contributed by atoms with E-state index in [9.17, 15) is 0 Å². The summed E-state index contributed by atoms with van der Waals surface area (Å²) in [4.78, 5) is 2.34. The van der Waals surface area contributed by atoms with Gasteiger partial charge in [-0.15, -0.1) is 0 Å². The zero-order valence-electron chi connectivity index (χ0n) is 12.5. The van der Waals surface area contributed by atoms with E-state index in [4.69, 9.17) is 18.9 Å². The van der Waals surface area contributed by atoms with E-state index in [-0.39, 0.29) is 6.29 Å². The monoisotopic (exact) mass is 359 g/mol. The molecule has 0 bridgehead atoms. The Kier molecular flexibility index (Phi) is 6.92. The van der Waals surface area contributed by atoms with Crippen LogP contribution in [0.3, 0.4) is 0 Å². The molecule has 0 aliphatic carbocycles. The number of hydrogen-bond acceptors (Lipinski definition) is 5. The Bertz CT molecular complexity index is 434. The van der Waals surface area contributed by atoms with Crippen molar-refractivity contribution in [3.63, 3.8) is 0 Å². The second-order valence-electron chi connectivity index (χ2n) is 4.80. The van der Waals surface area contributed by atoms with Crippen LogP contribution in [0.4, 0.5) is 0 Å². The molecule has 0 amide bonds. The van der Waals surface area contributed by atoms with Crippen molar-refractivity contribution in [3.8, 4) is 5.75 Å². The van der Waals surface area contributed by atoms with Crippen molar-refractivity contribution in [2.45, 2.75) is 6.29 Å². The van der Waals surface area contributed by atoms with E-state index in [1.54, 1.807) is 14.2 Å². The molecular weight excluding hydrogens is 338 g/mol. The Balaban J connectivity index is 1.85. The molecule has 0 saturated carbocycles. The third-order valence-electron chi connectivity index (χ3n) is 3.43. The molecule has 5 nitrogen and oxygen atoms in total. The number of methoxy groups -OCH3 is 2. The van der Waals surface area contributed by atoms with Gasteiger partial charge < -0.3 is 18.9 Å². The summed E-state index contributed by atoms with van der Waals surface area (Å²) in [5.74, 6) is 0.831. The van der Waals surface area contributed by atoms with Crippen LogP contribution in [0.25, 0.3) is 0 Å². The SMILES string of the molecule is COC(OC)c1ccc(OCCN2CCOCC2)c(Br)c1. The van der Waals surface area contributed by atoms with Gasteiger partial charge in [0.25, 0.3) is 0 Å². The average Bonchev–Trinajstić information content (AvgIpc) is 2.51. The highest BCUT2D eigenvalue weighted by Gasteiger charge is 2.13. The van der Waals surface area contributed by atoms with Crippen LogP contribution in [-0.2, 0) is 14.2 Å². The molecule has 1 aliphatic heterocycles. The van der Waals surface area contributed by atoms with Crippen LogP contribution in [-0.4, -0.2) is 58.6 Å². The first kappa shape index (κ1) is 16.7. The molecule has 6 heteroatoms. The van der Waals surface area contributed by atoms with Crippen LogP contribution in [0.15, 0.2) is 22.7 Å². The maximum atomic E-state index is 5.83. The highest BCUT2D eigenvalue weighted by Crippen LogP contribution is 2.29. The van der Waals surface area contributed by atoms with Crippen LogP contribution in [0.5, 0.6) is 5.75 Å². The zero-order valence-corrected chi connectivity index (χ0v) is 14.1. The molecule has 1 aromatic rings. The average molecular weight is 360 g/mol. The summed E-state index contributed by atoms with van der Waals surface area (Å²) in [6, 6.07) is 5.85. The molecule has 0 atom stereocenters. The van der Waals surface area contributed by atoms with Crippen molar-refractivity contribution in [1.82, 2.24) is 4.90 Å². The number of morpholine rings is 1. The Labute approximate surface area is 134 Å². The summed E-state index contributed by atoms with van der Waals surface area (Å²) in [6.07, 6.45) is -0.358. The molecule has 21 heavy (non-hydrogen) atoms. The minimum atomic E-state index is -0.358. The van der Waals surface area contributed by atoms with Crippen molar-refractivity contribution in [2.24, 2.45) is 0 Å². The van der Waals surface area contributed by atoms with Gasteiger partial charge >= 0.3 is 0 Å². The van der Waals surface area contributed by atoms with Gasteiger partial charge in [0.15, 0.2) is 6.29 Å². The molecule has 1 aromatic carbocycles. The van der Waals surface area contributed by atoms with E-state index in [2.05, 4.69) is 20.8 Å². The normalized spacial score (nSPS) is 16.4. The summed E-state index contributed by atoms with van der Waals surface area (Å²) in [7, 11) is 3.24. The Morgan fingerprint density at radius 1 is 1.24 bits per heavy atom. The molecule has 1 fully saturated rings. The van der Waals surface area contributed by atoms with E-state index in [1.807, 2.05) is 18.2 Å². The molecule has 1 heterocycles. The standard InChI is InChI=1S/C15H22BrNO4/c1-18-15(19-2)12-3-4-14(13(16)11-12)21-10-7-17-5-8-20-9-6-17/h3-4,11,15H,5-10H2,1-2H3. The van der Waals surface area contributed by atoms with Gasteiger partial charge in [-0.1, -0.05) is 6.07 Å². The molecule has 1 aliphatic rings. The molecule has 0 radical (unpaired) electrons. The number of rotatable bonds is 7. The van der Waals surface area contributed by atoms with Gasteiger partial charge in [-0.25, -0.2) is 0 Å². The fourth-order valence-electron chi connectivity index (χ4n) is 2.26. The highest BCUT2D eigenvalue weighted by molar-refractivity contribution is 9.10. The summed E-state index contributed by atoms with van der Waals surface area (Å²) < 4.78 is 22.5. The predicted octanol–water partition coefficient (Wildman–Crippen LogP) is 2.45. The van der Waals surface area contributed by atoms with E-state index in [0.717, 1.165) is 48.6 Å². The minimum absolute atomic E-state index is 0.358. The lowest BCUT2D eigenvalue weighted by molar-refractivity contribution is -0.106. The smallest absolute Gasteiger partial charge is 0.183 e. The van der Waals surface area contributed by atoms with Gasteiger partial charge in [0.2, 0.25) is 0 Å². The molecule has 118 valence electrons. The van der Waals surface area contributed by atoms with Crippen LogP contribution < -0.4 is 4.74 Å². The fourth-order valence-corrected chi connectivity index (χ4v) is 2.77. The van der Waals surface area contributed by atoms with Crippen molar-refractivity contribution < 1.29 is 18.9 Å². The molecule has 0 unspecified atom stereocenters. The lowest BCUT2D eigenvalue weighted by atomic mass is 10.2. The number of benzene rings is 1. The number of nitrogens with zero attached hydrogens (tertiary/aromatic N) is 1. The van der Waals surface area contributed by atoms with Crippen molar-refractivity contribution in [3.05, 3.63) is 28.2 Å². The van der Waals surface area contributed by atoms with Crippen molar-refractivity contribution in [2.75, 3.05) is 53.7 Å². The maximum absolute atomic E-state index is 5.83. The second kappa shape index (κ2) is 8.70. The molecule has 0 N–H and O–H groups in total. The lowest BCUT2D eigenvalue weighted by Gasteiger charge is -2.26. The van der Waals surface area contributed by atoms with E-state index in [1.165, 1.54) is 0 Å². The van der Waals surface area contributed by atoms with E-state index < -0.39 is 0 Å². The first-order valence-corrected chi connectivity index (χ1v) is 7.82. The molecule has 0 aromatic heterocycles. The van der Waals surface area contributed by atoms with Crippen molar-refractivity contribution in [1.29, 1.82) is 0 Å². The van der Waals surface area contributed by atoms with Gasteiger partial charge in [0.05, 0.1) is 17.7 Å². The number of hydrogen-bond donors (Lipinski definition) is 0. The largest absolute Gasteiger partial charge is 0.491 e. The highest BCUT2D eigenvalue weighted by atomic mass is 79.9. The summed E-state index contributed by atoms with van der Waals surface area (Å²) in [6.45, 7) is 5.16. The van der Waals surface area contributed by atoms with E-state index in [0.29, 0.717) is 6.61 Å². The Morgan fingerprint density at radius 3 is 2.57 bits per heavy atom. The first-order chi connectivity index (χ1) is 10.2. The molecule has 1 saturated heterocycles. The van der Waals surface area contributed by atoms with Crippen LogP contribution >= 0.6 is 15.9 Å². The van der Waals surface area contributed by atoms with Gasteiger partial charge in [-0.2, -0.15) is 0 Å². The maximum Gasteiger partial charge on any atom is 0.183 e. The minimum Gasteiger partial charge on any atom is -0.491 e. The van der Waals surface area contributed by atoms with Gasteiger partial charge in [-0.05, 0) is 28.1 Å². The van der Waals surface area contributed by atoms with Gasteiger partial charge in [-0.3, -0.25) is 4.90 Å². The Hall–Kier alpha value is -0.660. The molecular formula is C15H22BrNO4. The number of ether oxygens (including phenoxy) is 4. The lowest BCUT2D eigenvalue weighted by Crippen LogP contribution is -2.38. The summed E-state index contributed by atoms with van der Waals surface area (Å²) in [5, 5.41) is 0. The molecule has 0 spiro atoms. The zero-order chi connectivity index (χ0) is 15.1. The van der Waals surface area contributed by atoms with Crippen LogP contribution in [0, 0.1) is 0 Å². The first-order valence-electron chi connectivity index (χ1n) is 7.02.